The summed E-state index contributed by atoms with van der Waals surface area (Å²) in [7, 11) is 5.52. The third-order valence-electron chi connectivity index (χ3n) is 4.16. The second-order valence-corrected chi connectivity index (χ2v) is 5.79. The van der Waals surface area contributed by atoms with Crippen molar-refractivity contribution in [3.05, 3.63) is 0 Å². The first-order valence-electron chi connectivity index (χ1n) is 6.52. The van der Waals surface area contributed by atoms with E-state index in [0.29, 0.717) is 6.54 Å². The van der Waals surface area contributed by atoms with Crippen LogP contribution in [0.1, 0.15) is 19.3 Å². The van der Waals surface area contributed by atoms with Crippen LogP contribution >= 0.6 is 0 Å². The zero-order valence-electron chi connectivity index (χ0n) is 12.1. The molecule has 0 heterocycles. The van der Waals surface area contributed by atoms with E-state index in [4.69, 9.17) is 10.9 Å². The van der Waals surface area contributed by atoms with Gasteiger partial charge in [0.15, 0.2) is 5.84 Å². The molecule has 8 heteroatoms. The summed E-state index contributed by atoms with van der Waals surface area (Å²) in [6, 6.07) is 0. The topological polar surface area (TPSA) is 65.1 Å². The van der Waals surface area contributed by atoms with Gasteiger partial charge in [-0.2, -0.15) is 13.2 Å². The standard InChI is InChI=1S/C12H23F3N4O/c1-18(2)11(5-4-6-11)8-19(3)7-9(10(16)17-20)12(13,14)15/h9,20H,4-8H2,1-3H3,(H2,16,17). The van der Waals surface area contributed by atoms with Gasteiger partial charge in [-0.25, -0.2) is 0 Å². The van der Waals surface area contributed by atoms with Crippen molar-refractivity contribution >= 4 is 5.84 Å². The maximum atomic E-state index is 12.9. The number of rotatable bonds is 6. The summed E-state index contributed by atoms with van der Waals surface area (Å²) in [5.41, 5.74) is 5.11. The average molecular weight is 296 g/mol. The highest BCUT2D eigenvalue weighted by Gasteiger charge is 2.45. The van der Waals surface area contributed by atoms with Crippen LogP contribution in [0.25, 0.3) is 0 Å². The van der Waals surface area contributed by atoms with Crippen LogP contribution in [-0.2, 0) is 0 Å². The molecule has 1 aliphatic carbocycles. The molecule has 0 amide bonds. The highest BCUT2D eigenvalue weighted by atomic mass is 19.4. The summed E-state index contributed by atoms with van der Waals surface area (Å²) in [5, 5.41) is 11.0. The number of halogens is 3. The Kier molecular flexibility index (Phi) is 5.26. The van der Waals surface area contributed by atoms with Gasteiger partial charge in [-0.15, -0.1) is 0 Å². The lowest BCUT2D eigenvalue weighted by molar-refractivity contribution is -0.160. The minimum absolute atomic E-state index is 0.0595. The minimum Gasteiger partial charge on any atom is -0.409 e. The van der Waals surface area contributed by atoms with Gasteiger partial charge in [0, 0.05) is 18.6 Å². The highest BCUT2D eigenvalue weighted by Crippen LogP contribution is 2.37. The van der Waals surface area contributed by atoms with E-state index < -0.39 is 17.9 Å². The predicted molar refractivity (Wildman–Crippen MR) is 70.7 cm³/mol. The molecule has 1 saturated carbocycles. The Morgan fingerprint density at radius 3 is 2.20 bits per heavy atom. The van der Waals surface area contributed by atoms with E-state index in [9.17, 15) is 13.2 Å². The van der Waals surface area contributed by atoms with Gasteiger partial charge in [0.2, 0.25) is 0 Å². The molecule has 1 atom stereocenters. The predicted octanol–water partition coefficient (Wildman–Crippen LogP) is 1.33. The van der Waals surface area contributed by atoms with Gasteiger partial charge in [-0.1, -0.05) is 5.16 Å². The maximum absolute atomic E-state index is 12.9. The van der Waals surface area contributed by atoms with E-state index in [1.165, 1.54) is 0 Å². The molecule has 0 bridgehead atoms. The molecule has 1 aliphatic rings. The number of hydrogen-bond donors (Lipinski definition) is 2. The fraction of sp³-hybridized carbons (Fsp3) is 0.917. The van der Waals surface area contributed by atoms with E-state index in [-0.39, 0.29) is 12.1 Å². The Labute approximate surface area is 117 Å². The molecular formula is C12H23F3N4O. The molecule has 0 saturated heterocycles. The quantitative estimate of drug-likeness (QED) is 0.336. The number of nitrogens with two attached hydrogens (primary N) is 1. The lowest BCUT2D eigenvalue weighted by Crippen LogP contribution is -2.58. The van der Waals surface area contributed by atoms with Crippen LogP contribution in [0.3, 0.4) is 0 Å². The summed E-state index contributed by atoms with van der Waals surface area (Å²) in [4.78, 5) is 3.68. The van der Waals surface area contributed by atoms with Gasteiger partial charge in [-0.05, 0) is 40.4 Å². The van der Waals surface area contributed by atoms with E-state index in [2.05, 4.69) is 10.1 Å². The molecule has 1 unspecified atom stereocenters. The van der Waals surface area contributed by atoms with Gasteiger partial charge >= 0.3 is 6.18 Å². The van der Waals surface area contributed by atoms with Crippen molar-refractivity contribution in [2.45, 2.75) is 31.0 Å². The van der Waals surface area contributed by atoms with Crippen LogP contribution in [0.15, 0.2) is 5.16 Å². The summed E-state index contributed by atoms with van der Waals surface area (Å²) >= 11 is 0. The molecule has 0 aromatic rings. The van der Waals surface area contributed by atoms with Crippen molar-refractivity contribution in [2.75, 3.05) is 34.2 Å². The monoisotopic (exact) mass is 296 g/mol. The third kappa shape index (κ3) is 3.76. The Balaban J connectivity index is 2.70. The zero-order chi connectivity index (χ0) is 15.6. The van der Waals surface area contributed by atoms with Crippen LogP contribution in [0.4, 0.5) is 13.2 Å². The van der Waals surface area contributed by atoms with Gasteiger partial charge in [0.25, 0.3) is 0 Å². The molecular weight excluding hydrogens is 273 g/mol. The molecule has 5 nitrogen and oxygen atoms in total. The van der Waals surface area contributed by atoms with Crippen LogP contribution < -0.4 is 5.73 Å². The lowest BCUT2D eigenvalue weighted by atomic mass is 9.75. The van der Waals surface area contributed by atoms with Crippen molar-refractivity contribution in [1.29, 1.82) is 0 Å². The Morgan fingerprint density at radius 2 is 1.90 bits per heavy atom. The number of amidine groups is 1. The molecule has 118 valence electrons. The molecule has 0 spiro atoms. The van der Waals surface area contributed by atoms with Crippen LogP contribution in [-0.4, -0.2) is 66.8 Å². The van der Waals surface area contributed by atoms with Crippen LogP contribution in [0.2, 0.25) is 0 Å². The lowest BCUT2D eigenvalue weighted by Gasteiger charge is -2.49. The first-order chi connectivity index (χ1) is 9.12. The second-order valence-electron chi connectivity index (χ2n) is 5.79. The van der Waals surface area contributed by atoms with Crippen molar-refractivity contribution in [3.63, 3.8) is 0 Å². The number of nitrogens with zero attached hydrogens (tertiary/aromatic N) is 3. The Bertz CT molecular complexity index is 353. The van der Waals surface area contributed by atoms with E-state index in [0.717, 1.165) is 19.3 Å². The first kappa shape index (κ1) is 17.0. The Hall–Kier alpha value is -1.02. The van der Waals surface area contributed by atoms with Gasteiger partial charge in [0.1, 0.15) is 5.92 Å². The summed E-state index contributed by atoms with van der Waals surface area (Å²) in [6.07, 6.45) is -1.47. The van der Waals surface area contributed by atoms with Crippen molar-refractivity contribution in [3.8, 4) is 0 Å². The largest absolute Gasteiger partial charge is 0.409 e. The smallest absolute Gasteiger partial charge is 0.400 e. The molecule has 1 rings (SSSR count). The van der Waals surface area contributed by atoms with Crippen molar-refractivity contribution < 1.29 is 18.4 Å². The van der Waals surface area contributed by atoms with Crippen LogP contribution in [0, 0.1) is 5.92 Å². The normalized spacial score (nSPS) is 21.1. The number of hydrogen-bond acceptors (Lipinski definition) is 4. The second kappa shape index (κ2) is 6.17. The molecule has 0 radical (unpaired) electrons. The molecule has 3 N–H and O–H groups in total. The molecule has 0 aromatic carbocycles. The maximum Gasteiger partial charge on any atom is 0.400 e. The fourth-order valence-electron chi connectivity index (χ4n) is 2.64. The molecule has 0 aromatic heterocycles. The number of alkyl halides is 3. The molecule has 0 aliphatic heterocycles. The number of oxime groups is 1. The van der Waals surface area contributed by atoms with E-state index in [1.807, 2.05) is 14.1 Å². The summed E-state index contributed by atoms with van der Waals surface area (Å²) < 4.78 is 38.7. The van der Waals surface area contributed by atoms with Crippen LogP contribution in [0.5, 0.6) is 0 Å². The first-order valence-corrected chi connectivity index (χ1v) is 6.52. The minimum atomic E-state index is -4.52. The molecule has 1 fully saturated rings. The summed E-state index contributed by atoms with van der Waals surface area (Å²) in [5.74, 6) is -2.74. The summed E-state index contributed by atoms with van der Waals surface area (Å²) in [6.45, 7) is 0.222. The zero-order valence-corrected chi connectivity index (χ0v) is 12.1. The van der Waals surface area contributed by atoms with E-state index in [1.54, 1.807) is 11.9 Å². The average Bonchev–Trinajstić information content (AvgIpc) is 2.27. The van der Waals surface area contributed by atoms with Gasteiger partial charge in [0.05, 0.1) is 0 Å². The fourth-order valence-corrected chi connectivity index (χ4v) is 2.64. The van der Waals surface area contributed by atoms with E-state index >= 15 is 0 Å². The van der Waals surface area contributed by atoms with Gasteiger partial charge < -0.3 is 20.7 Å². The number of likely N-dealkylation sites (N-methyl/N-ethyl adjacent to an activating group) is 2. The Morgan fingerprint density at radius 1 is 1.35 bits per heavy atom. The SMILES string of the molecule is CN(CC(C(N)=NO)C(F)(F)F)CC1(N(C)C)CCC1. The third-order valence-corrected chi connectivity index (χ3v) is 4.16. The van der Waals surface area contributed by atoms with Gasteiger partial charge in [-0.3, -0.25) is 0 Å². The van der Waals surface area contributed by atoms with Crippen molar-refractivity contribution in [2.24, 2.45) is 16.8 Å². The molecule has 20 heavy (non-hydrogen) atoms. The highest BCUT2D eigenvalue weighted by molar-refractivity contribution is 5.83. The van der Waals surface area contributed by atoms with Crippen molar-refractivity contribution in [1.82, 2.24) is 9.80 Å².